The SMILES string of the molecule is COc1ccc(OC)c(NC(=O)c2ccn3cc(-c4ccccc4)nc3c2)c1. The van der Waals surface area contributed by atoms with Crippen molar-refractivity contribution in [3.8, 4) is 22.8 Å². The van der Waals surface area contributed by atoms with E-state index in [4.69, 9.17) is 9.47 Å². The molecule has 2 aromatic carbocycles. The number of pyridine rings is 1. The first-order valence-electron chi connectivity index (χ1n) is 8.75. The summed E-state index contributed by atoms with van der Waals surface area (Å²) in [7, 11) is 3.13. The summed E-state index contributed by atoms with van der Waals surface area (Å²) < 4.78 is 12.4. The molecule has 4 rings (SSSR count). The van der Waals surface area contributed by atoms with Gasteiger partial charge < -0.3 is 19.2 Å². The van der Waals surface area contributed by atoms with Gasteiger partial charge in [-0.25, -0.2) is 4.98 Å². The van der Waals surface area contributed by atoms with Crippen molar-refractivity contribution in [1.29, 1.82) is 0 Å². The Bertz CT molecular complexity index is 1140. The molecule has 0 aliphatic rings. The number of anilines is 1. The summed E-state index contributed by atoms with van der Waals surface area (Å²) in [5.41, 5.74) is 3.62. The Kier molecular flexibility index (Phi) is 4.68. The van der Waals surface area contributed by atoms with Gasteiger partial charge in [-0.1, -0.05) is 30.3 Å². The second-order valence-electron chi connectivity index (χ2n) is 6.19. The van der Waals surface area contributed by atoms with Crippen LogP contribution < -0.4 is 14.8 Å². The number of imidazole rings is 1. The Morgan fingerprint density at radius 2 is 1.82 bits per heavy atom. The Balaban J connectivity index is 1.63. The number of benzene rings is 2. The Morgan fingerprint density at radius 1 is 1.00 bits per heavy atom. The lowest BCUT2D eigenvalue weighted by atomic mass is 10.2. The van der Waals surface area contributed by atoms with Crippen LogP contribution in [0, 0.1) is 0 Å². The number of carbonyl (C=O) groups excluding carboxylic acids is 1. The lowest BCUT2D eigenvalue weighted by Gasteiger charge is -2.11. The van der Waals surface area contributed by atoms with Crippen molar-refractivity contribution in [3.05, 3.63) is 78.6 Å². The predicted octanol–water partition coefficient (Wildman–Crippen LogP) is 4.27. The van der Waals surface area contributed by atoms with Crippen LogP contribution in [0.25, 0.3) is 16.9 Å². The fourth-order valence-electron chi connectivity index (χ4n) is 2.98. The summed E-state index contributed by atoms with van der Waals surface area (Å²) in [5, 5.41) is 2.87. The maximum Gasteiger partial charge on any atom is 0.255 e. The van der Waals surface area contributed by atoms with E-state index in [0.717, 1.165) is 11.3 Å². The van der Waals surface area contributed by atoms with Crippen LogP contribution in [0.4, 0.5) is 5.69 Å². The minimum Gasteiger partial charge on any atom is -0.497 e. The first kappa shape index (κ1) is 17.6. The molecular weight excluding hydrogens is 354 g/mol. The molecule has 0 saturated heterocycles. The molecule has 1 N–H and O–H groups in total. The zero-order valence-corrected chi connectivity index (χ0v) is 15.5. The number of nitrogens with one attached hydrogen (secondary N) is 1. The Labute approximate surface area is 162 Å². The number of amides is 1. The molecular formula is C22H19N3O3. The summed E-state index contributed by atoms with van der Waals surface area (Å²) in [6.45, 7) is 0. The van der Waals surface area contributed by atoms with Gasteiger partial charge in [0.15, 0.2) is 0 Å². The van der Waals surface area contributed by atoms with Crippen molar-refractivity contribution in [2.24, 2.45) is 0 Å². The number of aromatic nitrogens is 2. The Hall–Kier alpha value is -3.80. The fraction of sp³-hybridized carbons (Fsp3) is 0.0909. The molecule has 0 bridgehead atoms. The van der Waals surface area contributed by atoms with Gasteiger partial charge in [-0.05, 0) is 24.3 Å². The van der Waals surface area contributed by atoms with Crippen LogP contribution in [-0.4, -0.2) is 29.5 Å². The van der Waals surface area contributed by atoms with Crippen LogP contribution in [0.1, 0.15) is 10.4 Å². The zero-order valence-electron chi connectivity index (χ0n) is 15.5. The third kappa shape index (κ3) is 3.40. The lowest BCUT2D eigenvalue weighted by Crippen LogP contribution is -2.13. The zero-order chi connectivity index (χ0) is 19.5. The minimum absolute atomic E-state index is 0.252. The maximum atomic E-state index is 12.8. The largest absolute Gasteiger partial charge is 0.497 e. The van der Waals surface area contributed by atoms with Crippen molar-refractivity contribution < 1.29 is 14.3 Å². The summed E-state index contributed by atoms with van der Waals surface area (Å²) in [4.78, 5) is 17.4. The third-order valence-corrected chi connectivity index (χ3v) is 4.45. The molecule has 0 saturated carbocycles. The number of ether oxygens (including phenoxy) is 2. The van der Waals surface area contributed by atoms with Crippen LogP contribution in [-0.2, 0) is 0 Å². The standard InChI is InChI=1S/C22H19N3O3/c1-27-17-8-9-20(28-2)18(13-17)24-22(26)16-10-11-25-14-19(23-21(25)12-16)15-6-4-3-5-7-15/h3-14H,1-2H3,(H,24,26). The number of rotatable bonds is 5. The molecule has 0 spiro atoms. The predicted molar refractivity (Wildman–Crippen MR) is 108 cm³/mol. The van der Waals surface area contributed by atoms with Crippen molar-refractivity contribution in [1.82, 2.24) is 9.38 Å². The van der Waals surface area contributed by atoms with Crippen molar-refractivity contribution in [2.45, 2.75) is 0 Å². The quantitative estimate of drug-likeness (QED) is 0.567. The smallest absolute Gasteiger partial charge is 0.255 e. The van der Waals surface area contributed by atoms with E-state index in [0.29, 0.717) is 28.4 Å². The van der Waals surface area contributed by atoms with Gasteiger partial charge in [-0.3, -0.25) is 4.79 Å². The van der Waals surface area contributed by atoms with Crippen molar-refractivity contribution in [3.63, 3.8) is 0 Å². The minimum atomic E-state index is -0.252. The topological polar surface area (TPSA) is 64.9 Å². The second-order valence-corrected chi connectivity index (χ2v) is 6.19. The molecule has 2 heterocycles. The van der Waals surface area contributed by atoms with Crippen molar-refractivity contribution in [2.75, 3.05) is 19.5 Å². The highest BCUT2D eigenvalue weighted by Crippen LogP contribution is 2.29. The number of fused-ring (bicyclic) bond motifs is 1. The van der Waals surface area contributed by atoms with Gasteiger partial charge in [-0.15, -0.1) is 0 Å². The van der Waals surface area contributed by atoms with Gasteiger partial charge in [0.25, 0.3) is 5.91 Å². The van der Waals surface area contributed by atoms with Crippen LogP contribution in [0.2, 0.25) is 0 Å². The molecule has 0 radical (unpaired) electrons. The van der Waals surface area contributed by atoms with Gasteiger partial charge >= 0.3 is 0 Å². The van der Waals surface area contributed by atoms with Crippen LogP contribution in [0.5, 0.6) is 11.5 Å². The van der Waals surface area contributed by atoms with Gasteiger partial charge in [0.2, 0.25) is 0 Å². The Morgan fingerprint density at radius 3 is 2.57 bits per heavy atom. The lowest BCUT2D eigenvalue weighted by molar-refractivity contribution is 0.102. The molecule has 0 aliphatic heterocycles. The van der Waals surface area contributed by atoms with Crippen LogP contribution >= 0.6 is 0 Å². The molecule has 1 amide bonds. The second kappa shape index (κ2) is 7.44. The molecule has 28 heavy (non-hydrogen) atoms. The number of carbonyl (C=O) groups is 1. The summed E-state index contributed by atoms with van der Waals surface area (Å²) in [6, 6.07) is 18.7. The summed E-state index contributed by atoms with van der Waals surface area (Å²) >= 11 is 0. The van der Waals surface area contributed by atoms with E-state index in [2.05, 4.69) is 10.3 Å². The number of hydrogen-bond donors (Lipinski definition) is 1. The van der Waals surface area contributed by atoms with E-state index >= 15 is 0 Å². The first-order valence-corrected chi connectivity index (χ1v) is 8.75. The average Bonchev–Trinajstić information content (AvgIpc) is 3.17. The van der Waals surface area contributed by atoms with Gasteiger partial charge in [0, 0.05) is 29.6 Å². The van der Waals surface area contributed by atoms with E-state index < -0.39 is 0 Å². The summed E-state index contributed by atoms with van der Waals surface area (Å²) in [6.07, 6.45) is 3.77. The first-order chi connectivity index (χ1) is 13.7. The van der Waals surface area contributed by atoms with E-state index in [1.54, 1.807) is 44.6 Å². The normalized spacial score (nSPS) is 10.6. The van der Waals surface area contributed by atoms with E-state index in [-0.39, 0.29) is 5.91 Å². The molecule has 0 unspecified atom stereocenters. The van der Waals surface area contributed by atoms with E-state index in [9.17, 15) is 4.79 Å². The van der Waals surface area contributed by atoms with Crippen LogP contribution in [0.3, 0.4) is 0 Å². The molecule has 2 aromatic heterocycles. The molecule has 4 aromatic rings. The molecule has 6 nitrogen and oxygen atoms in total. The fourth-order valence-corrected chi connectivity index (χ4v) is 2.98. The highest BCUT2D eigenvalue weighted by Gasteiger charge is 2.13. The van der Waals surface area contributed by atoms with E-state index in [1.807, 2.05) is 47.1 Å². The number of nitrogens with zero attached hydrogens (tertiary/aromatic N) is 2. The molecule has 0 fully saturated rings. The molecule has 0 atom stereocenters. The average molecular weight is 373 g/mol. The molecule has 6 heteroatoms. The van der Waals surface area contributed by atoms with Crippen LogP contribution in [0.15, 0.2) is 73.1 Å². The monoisotopic (exact) mass is 373 g/mol. The van der Waals surface area contributed by atoms with E-state index in [1.165, 1.54) is 0 Å². The number of methoxy groups -OCH3 is 2. The summed E-state index contributed by atoms with van der Waals surface area (Å²) in [5.74, 6) is 0.938. The van der Waals surface area contributed by atoms with Crippen molar-refractivity contribution >= 4 is 17.2 Å². The highest BCUT2D eigenvalue weighted by molar-refractivity contribution is 6.05. The van der Waals surface area contributed by atoms with Gasteiger partial charge in [0.1, 0.15) is 17.1 Å². The molecule has 0 aliphatic carbocycles. The third-order valence-electron chi connectivity index (χ3n) is 4.45. The van der Waals surface area contributed by atoms with Gasteiger partial charge in [0.05, 0.1) is 25.6 Å². The van der Waals surface area contributed by atoms with Gasteiger partial charge in [-0.2, -0.15) is 0 Å². The maximum absolute atomic E-state index is 12.8. The highest BCUT2D eigenvalue weighted by atomic mass is 16.5. The molecule has 140 valence electrons. The number of hydrogen-bond acceptors (Lipinski definition) is 4.